The topological polar surface area (TPSA) is 108 Å². The maximum atomic E-state index is 12.0. The van der Waals surface area contributed by atoms with Gasteiger partial charge in [-0.25, -0.2) is 17.9 Å². The summed E-state index contributed by atoms with van der Waals surface area (Å²) < 4.78 is 25.8. The van der Waals surface area contributed by atoms with E-state index in [1.54, 1.807) is 12.1 Å². The van der Waals surface area contributed by atoms with Gasteiger partial charge in [0.2, 0.25) is 15.9 Å². The predicted molar refractivity (Wildman–Crippen MR) is 98.0 cm³/mol. The Morgan fingerprint density at radius 3 is 2.54 bits per heavy atom. The summed E-state index contributed by atoms with van der Waals surface area (Å²) in [5.74, 6) is 0.0648. The summed E-state index contributed by atoms with van der Waals surface area (Å²) in [4.78, 5) is 25.8. The average molecular weight is 382 g/mol. The number of rotatable bonds is 7. The Morgan fingerprint density at radius 2 is 1.85 bits per heavy atom. The molecule has 2 rings (SSSR count). The van der Waals surface area contributed by atoms with Gasteiger partial charge in [0.25, 0.3) is 0 Å². The number of hydrogen-bond acceptors (Lipinski definition) is 4. The lowest BCUT2D eigenvalue weighted by atomic mass is 10.1. The normalized spacial score (nSPS) is 14.7. The zero-order chi connectivity index (χ0) is 19.0. The zero-order valence-electron chi connectivity index (χ0n) is 15.0. The lowest BCUT2D eigenvalue weighted by Crippen LogP contribution is -2.40. The lowest BCUT2D eigenvalue weighted by molar-refractivity contribution is -0.131. The van der Waals surface area contributed by atoms with Gasteiger partial charge in [-0.1, -0.05) is 12.1 Å². The summed E-state index contributed by atoms with van der Waals surface area (Å²) in [7, 11) is -2.17. The van der Waals surface area contributed by atoms with E-state index in [-0.39, 0.29) is 30.3 Å². The minimum absolute atomic E-state index is 0.0648. The quantitative estimate of drug-likeness (QED) is 0.648. The second-order valence-corrected chi connectivity index (χ2v) is 8.04. The Labute approximate surface area is 154 Å². The molecule has 1 aromatic carbocycles. The molecule has 1 aliphatic heterocycles. The molecule has 0 radical (unpaired) electrons. The molecule has 144 valence electrons. The fraction of sp³-hybridized carbons (Fsp3) is 0.529. The molecule has 1 heterocycles. The number of urea groups is 1. The number of hydrogen-bond donors (Lipinski definition) is 3. The number of piperidine rings is 1. The summed E-state index contributed by atoms with van der Waals surface area (Å²) in [6.45, 7) is 2.07. The summed E-state index contributed by atoms with van der Waals surface area (Å²) in [6, 6.07) is 5.96. The number of likely N-dealkylation sites (tertiary alicyclic amines) is 1. The van der Waals surface area contributed by atoms with E-state index in [0.29, 0.717) is 5.56 Å². The number of carbonyl (C=O) groups is 2. The van der Waals surface area contributed by atoms with Crippen LogP contribution in [0.4, 0.5) is 4.79 Å². The van der Waals surface area contributed by atoms with Crippen molar-refractivity contribution in [1.82, 2.24) is 20.3 Å². The molecular formula is C17H26N4O4S. The van der Waals surface area contributed by atoms with Gasteiger partial charge in [0.15, 0.2) is 0 Å². The SMILES string of the molecule is CNS(=O)(=O)c1cccc(CNC(=O)NCCC(=O)N2CCCCC2)c1. The molecule has 1 aliphatic rings. The average Bonchev–Trinajstić information content (AvgIpc) is 2.67. The number of sulfonamides is 1. The number of benzene rings is 1. The van der Waals surface area contributed by atoms with Crippen molar-refractivity contribution < 1.29 is 18.0 Å². The molecule has 9 heteroatoms. The second kappa shape index (κ2) is 9.54. The molecule has 1 aromatic rings. The van der Waals surface area contributed by atoms with Gasteiger partial charge >= 0.3 is 6.03 Å². The third kappa shape index (κ3) is 5.99. The van der Waals surface area contributed by atoms with Crippen molar-refractivity contribution in [3.05, 3.63) is 29.8 Å². The molecule has 0 bridgehead atoms. The van der Waals surface area contributed by atoms with Gasteiger partial charge in [-0.15, -0.1) is 0 Å². The standard InChI is InChI=1S/C17H26N4O4S/c1-18-26(24,25)15-7-5-6-14(12-15)13-20-17(23)19-9-8-16(22)21-10-3-2-4-11-21/h5-7,12,18H,2-4,8-11,13H2,1H3,(H2,19,20,23). The summed E-state index contributed by atoms with van der Waals surface area (Å²) in [5.41, 5.74) is 0.667. The Kier molecular flexibility index (Phi) is 7.40. The van der Waals surface area contributed by atoms with Crippen LogP contribution < -0.4 is 15.4 Å². The number of carbonyl (C=O) groups excluding carboxylic acids is 2. The van der Waals surface area contributed by atoms with E-state index in [9.17, 15) is 18.0 Å². The molecule has 0 aliphatic carbocycles. The summed E-state index contributed by atoms with van der Waals surface area (Å²) >= 11 is 0. The first kappa shape index (κ1) is 20.2. The van der Waals surface area contributed by atoms with Crippen molar-refractivity contribution in [3.8, 4) is 0 Å². The van der Waals surface area contributed by atoms with Crippen LogP contribution in [0.1, 0.15) is 31.2 Å². The van der Waals surface area contributed by atoms with E-state index < -0.39 is 16.1 Å². The summed E-state index contributed by atoms with van der Waals surface area (Å²) in [6.07, 6.45) is 3.54. The van der Waals surface area contributed by atoms with E-state index in [4.69, 9.17) is 0 Å². The highest BCUT2D eigenvalue weighted by molar-refractivity contribution is 7.89. The van der Waals surface area contributed by atoms with Crippen molar-refractivity contribution in [2.24, 2.45) is 0 Å². The minimum atomic E-state index is -3.51. The predicted octanol–water partition coefficient (Wildman–Crippen LogP) is 0.796. The monoisotopic (exact) mass is 382 g/mol. The third-order valence-corrected chi connectivity index (χ3v) is 5.68. The van der Waals surface area contributed by atoms with Crippen LogP contribution in [-0.4, -0.2) is 51.9 Å². The molecule has 0 saturated carbocycles. The third-order valence-electron chi connectivity index (χ3n) is 4.26. The van der Waals surface area contributed by atoms with Crippen LogP contribution in [0.3, 0.4) is 0 Å². The molecule has 1 fully saturated rings. The van der Waals surface area contributed by atoms with Crippen molar-refractivity contribution in [3.63, 3.8) is 0 Å². The van der Waals surface area contributed by atoms with Gasteiger partial charge in [-0.2, -0.15) is 0 Å². The highest BCUT2D eigenvalue weighted by Crippen LogP contribution is 2.11. The van der Waals surface area contributed by atoms with Crippen LogP contribution in [-0.2, 0) is 21.4 Å². The van der Waals surface area contributed by atoms with Crippen LogP contribution in [0, 0.1) is 0 Å². The van der Waals surface area contributed by atoms with Gasteiger partial charge in [-0.05, 0) is 44.0 Å². The molecule has 26 heavy (non-hydrogen) atoms. The Balaban J connectivity index is 1.73. The molecule has 0 atom stereocenters. The van der Waals surface area contributed by atoms with Crippen LogP contribution in [0.5, 0.6) is 0 Å². The molecule has 3 amide bonds. The molecule has 0 spiro atoms. The highest BCUT2D eigenvalue weighted by atomic mass is 32.2. The van der Waals surface area contributed by atoms with Crippen molar-refractivity contribution in [2.45, 2.75) is 37.1 Å². The number of nitrogens with zero attached hydrogens (tertiary/aromatic N) is 1. The Morgan fingerprint density at radius 1 is 1.12 bits per heavy atom. The lowest BCUT2D eigenvalue weighted by Gasteiger charge is -2.26. The number of nitrogens with one attached hydrogen (secondary N) is 3. The fourth-order valence-electron chi connectivity index (χ4n) is 2.77. The largest absolute Gasteiger partial charge is 0.343 e. The molecule has 8 nitrogen and oxygen atoms in total. The Hall–Kier alpha value is -2.13. The van der Waals surface area contributed by atoms with Gasteiger partial charge in [0.1, 0.15) is 0 Å². The molecule has 3 N–H and O–H groups in total. The van der Waals surface area contributed by atoms with Crippen LogP contribution in [0.25, 0.3) is 0 Å². The molecular weight excluding hydrogens is 356 g/mol. The van der Waals surface area contributed by atoms with E-state index in [2.05, 4.69) is 15.4 Å². The van der Waals surface area contributed by atoms with Gasteiger partial charge < -0.3 is 15.5 Å². The summed E-state index contributed by atoms with van der Waals surface area (Å²) in [5, 5.41) is 5.31. The molecule has 0 aromatic heterocycles. The number of amides is 3. The first-order valence-electron chi connectivity index (χ1n) is 8.74. The van der Waals surface area contributed by atoms with Gasteiger partial charge in [0, 0.05) is 32.6 Å². The van der Waals surface area contributed by atoms with Crippen molar-refractivity contribution in [1.29, 1.82) is 0 Å². The minimum Gasteiger partial charge on any atom is -0.343 e. The smallest absolute Gasteiger partial charge is 0.315 e. The van der Waals surface area contributed by atoms with Crippen molar-refractivity contribution >= 4 is 22.0 Å². The van der Waals surface area contributed by atoms with Crippen LogP contribution >= 0.6 is 0 Å². The molecule has 0 unspecified atom stereocenters. The fourth-order valence-corrected chi connectivity index (χ4v) is 3.57. The maximum Gasteiger partial charge on any atom is 0.315 e. The van der Waals surface area contributed by atoms with E-state index >= 15 is 0 Å². The van der Waals surface area contributed by atoms with E-state index in [0.717, 1.165) is 25.9 Å². The first-order chi connectivity index (χ1) is 12.4. The zero-order valence-corrected chi connectivity index (χ0v) is 15.8. The highest BCUT2D eigenvalue weighted by Gasteiger charge is 2.16. The van der Waals surface area contributed by atoms with Crippen LogP contribution in [0.15, 0.2) is 29.2 Å². The molecule has 1 saturated heterocycles. The second-order valence-electron chi connectivity index (χ2n) is 6.16. The van der Waals surface area contributed by atoms with Gasteiger partial charge in [-0.3, -0.25) is 4.79 Å². The first-order valence-corrected chi connectivity index (χ1v) is 10.2. The van der Waals surface area contributed by atoms with Gasteiger partial charge in [0.05, 0.1) is 4.90 Å². The van der Waals surface area contributed by atoms with Crippen molar-refractivity contribution in [2.75, 3.05) is 26.7 Å². The van der Waals surface area contributed by atoms with E-state index in [1.165, 1.54) is 25.6 Å². The Bertz CT molecular complexity index is 730. The van der Waals surface area contributed by atoms with Crippen LogP contribution in [0.2, 0.25) is 0 Å². The maximum absolute atomic E-state index is 12.0. The van der Waals surface area contributed by atoms with E-state index in [1.807, 2.05) is 4.90 Å².